The van der Waals surface area contributed by atoms with Crippen LogP contribution in [0.1, 0.15) is 37.0 Å². The zero-order chi connectivity index (χ0) is 36.6. The van der Waals surface area contributed by atoms with E-state index in [0.29, 0.717) is 22.8 Å². The molecule has 14 heteroatoms. The molecule has 4 rings (SSSR count). The lowest BCUT2D eigenvalue weighted by Gasteiger charge is -2.34. The van der Waals surface area contributed by atoms with Gasteiger partial charge in [-0.15, -0.1) is 0 Å². The average molecular weight is 742 g/mol. The maximum Gasteiger partial charge on any atom is 0.273 e. The third-order valence-electron chi connectivity index (χ3n) is 8.23. The number of hydrogen-bond acceptors (Lipinski definition) is 7. The summed E-state index contributed by atoms with van der Waals surface area (Å²) in [6.45, 7) is 4.34. The second-order valence-corrected chi connectivity index (χ2v) is 14.4. The molecule has 2 atom stereocenters. The molecular formula is C36H38Cl2N4O7S. The van der Waals surface area contributed by atoms with Crippen LogP contribution in [-0.4, -0.2) is 55.8 Å². The van der Waals surface area contributed by atoms with Gasteiger partial charge in [-0.25, -0.2) is 8.42 Å². The summed E-state index contributed by atoms with van der Waals surface area (Å²) in [5.41, 5.74) is 1.21. The molecule has 4 aromatic carbocycles. The van der Waals surface area contributed by atoms with Crippen LogP contribution in [0.5, 0.6) is 5.75 Å². The van der Waals surface area contributed by atoms with Gasteiger partial charge < -0.3 is 15.0 Å². The van der Waals surface area contributed by atoms with Crippen LogP contribution in [0.15, 0.2) is 95.9 Å². The lowest BCUT2D eigenvalue weighted by Crippen LogP contribution is -2.54. The maximum absolute atomic E-state index is 14.7. The topological polar surface area (TPSA) is 139 Å². The minimum atomic E-state index is -4.59. The van der Waals surface area contributed by atoms with Crippen LogP contribution in [-0.2, 0) is 32.6 Å². The largest absolute Gasteiger partial charge is 0.497 e. The molecule has 0 aliphatic heterocycles. The van der Waals surface area contributed by atoms with Crippen molar-refractivity contribution in [3.05, 3.63) is 128 Å². The van der Waals surface area contributed by atoms with E-state index in [9.17, 15) is 28.1 Å². The number of carbonyl (C=O) groups is 2. The monoisotopic (exact) mass is 740 g/mol. The van der Waals surface area contributed by atoms with Gasteiger partial charge in [0.1, 0.15) is 18.3 Å². The van der Waals surface area contributed by atoms with Crippen LogP contribution in [0.3, 0.4) is 0 Å². The number of carbonyl (C=O) groups excluding carboxylic acids is 2. The van der Waals surface area contributed by atoms with E-state index in [4.69, 9.17) is 27.9 Å². The number of methoxy groups -OCH3 is 1. The Labute approximate surface area is 302 Å². The van der Waals surface area contributed by atoms with Crippen molar-refractivity contribution in [3.8, 4) is 5.75 Å². The Morgan fingerprint density at radius 1 is 0.980 bits per heavy atom. The van der Waals surface area contributed by atoms with Crippen LogP contribution < -0.4 is 14.4 Å². The molecule has 0 saturated heterocycles. The summed E-state index contributed by atoms with van der Waals surface area (Å²) in [6, 6.07) is 22.1. The van der Waals surface area contributed by atoms with Crippen molar-refractivity contribution in [2.24, 2.45) is 0 Å². The van der Waals surface area contributed by atoms with Gasteiger partial charge in [-0.05, 0) is 73.9 Å². The summed E-state index contributed by atoms with van der Waals surface area (Å²) in [5, 5.41) is 15.4. The van der Waals surface area contributed by atoms with Crippen LogP contribution >= 0.6 is 23.2 Å². The highest BCUT2D eigenvalue weighted by atomic mass is 35.5. The predicted octanol–water partition coefficient (Wildman–Crippen LogP) is 6.97. The molecule has 2 amide bonds. The number of halogens is 2. The Morgan fingerprint density at radius 3 is 2.26 bits per heavy atom. The van der Waals surface area contributed by atoms with Crippen molar-refractivity contribution in [2.75, 3.05) is 18.0 Å². The van der Waals surface area contributed by atoms with Gasteiger partial charge in [-0.3, -0.25) is 24.0 Å². The molecule has 50 heavy (non-hydrogen) atoms. The van der Waals surface area contributed by atoms with E-state index in [0.717, 1.165) is 15.9 Å². The van der Waals surface area contributed by atoms with Crippen LogP contribution in [0, 0.1) is 17.0 Å². The molecule has 2 unspecified atom stereocenters. The summed E-state index contributed by atoms with van der Waals surface area (Å²) in [6.07, 6.45) is 0.742. The van der Waals surface area contributed by atoms with Gasteiger partial charge in [0.2, 0.25) is 11.8 Å². The van der Waals surface area contributed by atoms with E-state index in [1.165, 1.54) is 61.4 Å². The highest BCUT2D eigenvalue weighted by Crippen LogP contribution is 2.30. The SMILES string of the molecule is CCC(C)NC(=O)C(Cc1ccccc1)N(Cc1ccc(Cl)cc1Cl)C(=O)CN(c1ccc(OC)cc1)S(=O)(=O)c1ccc(C)c([N+](=O)[O-])c1. The van der Waals surface area contributed by atoms with Crippen molar-refractivity contribution in [1.82, 2.24) is 10.2 Å². The smallest absolute Gasteiger partial charge is 0.273 e. The number of sulfonamides is 1. The summed E-state index contributed by atoms with van der Waals surface area (Å²) in [7, 11) is -3.14. The predicted molar refractivity (Wildman–Crippen MR) is 194 cm³/mol. The van der Waals surface area contributed by atoms with Gasteiger partial charge in [-0.1, -0.05) is 72.6 Å². The van der Waals surface area contributed by atoms with Gasteiger partial charge in [0, 0.05) is 40.7 Å². The van der Waals surface area contributed by atoms with Crippen molar-refractivity contribution in [3.63, 3.8) is 0 Å². The molecule has 11 nitrogen and oxygen atoms in total. The summed E-state index contributed by atoms with van der Waals surface area (Å²) in [4.78, 5) is 40.7. The number of nitrogens with one attached hydrogen (secondary N) is 1. The fourth-order valence-corrected chi connectivity index (χ4v) is 7.08. The van der Waals surface area contributed by atoms with Gasteiger partial charge in [0.25, 0.3) is 15.7 Å². The van der Waals surface area contributed by atoms with E-state index < -0.39 is 45.0 Å². The molecule has 0 aliphatic rings. The summed E-state index contributed by atoms with van der Waals surface area (Å²) >= 11 is 12.7. The molecule has 0 spiro atoms. The first-order valence-electron chi connectivity index (χ1n) is 15.7. The first kappa shape index (κ1) is 38.2. The first-order valence-corrected chi connectivity index (χ1v) is 17.9. The number of hydrogen-bond donors (Lipinski definition) is 1. The van der Waals surface area contributed by atoms with Crippen molar-refractivity contribution in [2.45, 2.75) is 57.1 Å². The molecule has 4 aromatic rings. The fraction of sp³-hybridized carbons (Fsp3) is 0.278. The van der Waals surface area contributed by atoms with Gasteiger partial charge in [0.15, 0.2) is 0 Å². The molecule has 0 radical (unpaired) electrons. The molecule has 1 N–H and O–H groups in total. The summed E-state index contributed by atoms with van der Waals surface area (Å²) in [5.74, 6) is -0.723. The van der Waals surface area contributed by atoms with Gasteiger partial charge in [-0.2, -0.15) is 0 Å². The second kappa shape index (κ2) is 16.8. The number of rotatable bonds is 15. The minimum absolute atomic E-state index is 0.0931. The number of amides is 2. The zero-order valence-corrected chi connectivity index (χ0v) is 30.3. The van der Waals surface area contributed by atoms with E-state index >= 15 is 0 Å². The number of nitro benzene ring substituents is 1. The van der Waals surface area contributed by atoms with Crippen molar-refractivity contribution >= 4 is 56.4 Å². The second-order valence-electron chi connectivity index (χ2n) is 11.7. The van der Waals surface area contributed by atoms with Crippen LogP contribution in [0.4, 0.5) is 11.4 Å². The lowest BCUT2D eigenvalue weighted by atomic mass is 10.0. The minimum Gasteiger partial charge on any atom is -0.497 e. The molecule has 0 fully saturated rings. The number of nitro groups is 1. The van der Waals surface area contributed by atoms with E-state index in [1.807, 2.05) is 44.2 Å². The van der Waals surface area contributed by atoms with Gasteiger partial charge >= 0.3 is 0 Å². The van der Waals surface area contributed by atoms with Crippen molar-refractivity contribution < 1.29 is 27.7 Å². The number of aryl methyl sites for hydroxylation is 1. The molecule has 0 aliphatic carbocycles. The molecule has 0 aromatic heterocycles. The summed E-state index contributed by atoms with van der Waals surface area (Å²) < 4.78 is 34.8. The Kier molecular flexibility index (Phi) is 12.9. The molecule has 0 bridgehead atoms. The Bertz CT molecular complexity index is 1940. The molecule has 0 saturated carbocycles. The normalized spacial score (nSPS) is 12.4. The average Bonchev–Trinajstić information content (AvgIpc) is 3.09. The first-order chi connectivity index (χ1) is 23.7. The number of anilines is 1. The highest BCUT2D eigenvalue weighted by Gasteiger charge is 2.36. The third-order valence-corrected chi connectivity index (χ3v) is 10.6. The van der Waals surface area contributed by atoms with Gasteiger partial charge in [0.05, 0.1) is 22.6 Å². The van der Waals surface area contributed by atoms with E-state index in [-0.39, 0.29) is 40.2 Å². The maximum atomic E-state index is 14.7. The zero-order valence-electron chi connectivity index (χ0n) is 28.0. The number of ether oxygens (including phenoxy) is 1. The Morgan fingerprint density at radius 2 is 1.66 bits per heavy atom. The Hall–Kier alpha value is -4.65. The van der Waals surface area contributed by atoms with Crippen molar-refractivity contribution in [1.29, 1.82) is 0 Å². The molecule has 0 heterocycles. The molecular weight excluding hydrogens is 703 g/mol. The highest BCUT2D eigenvalue weighted by molar-refractivity contribution is 7.92. The van der Waals surface area contributed by atoms with E-state index in [1.54, 1.807) is 12.1 Å². The van der Waals surface area contributed by atoms with Crippen LogP contribution in [0.2, 0.25) is 10.0 Å². The fourth-order valence-electron chi connectivity index (χ4n) is 5.18. The lowest BCUT2D eigenvalue weighted by molar-refractivity contribution is -0.385. The van der Waals surface area contributed by atoms with Crippen LogP contribution in [0.25, 0.3) is 0 Å². The quantitative estimate of drug-likeness (QED) is 0.103. The standard InChI is InChI=1S/C36H38Cl2N4O7S/c1-5-25(3)39-36(44)34(19-26-9-7-6-8-10-26)40(22-27-12-13-28(37)20-32(27)38)35(43)23-41(29-14-16-30(49-4)17-15-29)50(47,48)31-18-11-24(2)33(21-31)42(45)46/h6-18,20-21,25,34H,5,19,22-23H2,1-4H3,(H,39,44). The molecule has 264 valence electrons. The number of nitrogens with zero attached hydrogens (tertiary/aromatic N) is 3. The third kappa shape index (κ3) is 9.32. The number of benzene rings is 4. The van der Waals surface area contributed by atoms with E-state index in [2.05, 4.69) is 5.32 Å². The Balaban J connectivity index is 1.87.